The average Bonchev–Trinajstić information content (AvgIpc) is 2.57. The Morgan fingerprint density at radius 1 is 1.50 bits per heavy atom. The third-order valence-electron chi connectivity index (χ3n) is 2.08. The van der Waals surface area contributed by atoms with Crippen LogP contribution in [0.4, 0.5) is 0 Å². The van der Waals surface area contributed by atoms with E-state index in [0.29, 0.717) is 6.54 Å². The molecule has 0 radical (unpaired) electrons. The molecule has 2 aromatic rings. The van der Waals surface area contributed by atoms with Crippen molar-refractivity contribution in [1.82, 2.24) is 14.5 Å². The van der Waals surface area contributed by atoms with Crippen molar-refractivity contribution < 1.29 is 0 Å². The zero-order valence-electron chi connectivity index (χ0n) is 7.65. The maximum atomic E-state index is 5.72. The highest BCUT2D eigenvalue weighted by atomic mass is 35.5. The van der Waals surface area contributed by atoms with Crippen LogP contribution in [0, 0.1) is 0 Å². The predicted molar refractivity (Wildman–Crippen MR) is 56.2 cm³/mol. The molecule has 4 nitrogen and oxygen atoms in total. The van der Waals surface area contributed by atoms with Gasteiger partial charge in [-0.15, -0.1) is 0 Å². The highest BCUT2D eigenvalue weighted by Gasteiger charge is 2.02. The summed E-state index contributed by atoms with van der Waals surface area (Å²) in [6, 6.07) is 1.97. The number of hydrogen-bond acceptors (Lipinski definition) is 3. The van der Waals surface area contributed by atoms with Gasteiger partial charge in [-0.3, -0.25) is 0 Å². The van der Waals surface area contributed by atoms with Gasteiger partial charge in [0.15, 0.2) is 0 Å². The molecule has 0 saturated heterocycles. The summed E-state index contributed by atoms with van der Waals surface area (Å²) in [4.78, 5) is 8.08. The van der Waals surface area contributed by atoms with Gasteiger partial charge >= 0.3 is 0 Å². The third kappa shape index (κ3) is 1.71. The number of aromatic nitrogens is 3. The molecule has 2 aromatic heterocycles. The standard InChI is InChI=1S/C9H11ClN4/c10-9-12-6-7-2-5-14(4-1-3-11)8(7)13-9/h2,5-6H,1,3-4,11H2. The average molecular weight is 211 g/mol. The van der Waals surface area contributed by atoms with Gasteiger partial charge < -0.3 is 10.3 Å². The van der Waals surface area contributed by atoms with Crippen LogP contribution in [-0.2, 0) is 6.54 Å². The molecule has 0 bridgehead atoms. The minimum Gasteiger partial charge on any atom is -0.332 e. The smallest absolute Gasteiger partial charge is 0.224 e. The largest absolute Gasteiger partial charge is 0.332 e. The van der Waals surface area contributed by atoms with Gasteiger partial charge in [-0.25, -0.2) is 4.98 Å². The molecule has 0 unspecified atom stereocenters. The van der Waals surface area contributed by atoms with E-state index in [1.165, 1.54) is 0 Å². The van der Waals surface area contributed by atoms with Gasteiger partial charge in [0.25, 0.3) is 0 Å². The first kappa shape index (κ1) is 9.43. The Kier molecular flexibility index (Phi) is 2.65. The summed E-state index contributed by atoms with van der Waals surface area (Å²) in [7, 11) is 0. The number of hydrogen-bond donors (Lipinski definition) is 1. The van der Waals surface area contributed by atoms with Gasteiger partial charge in [0.2, 0.25) is 5.28 Å². The number of halogens is 1. The van der Waals surface area contributed by atoms with Gasteiger partial charge in [-0.2, -0.15) is 4.98 Å². The van der Waals surface area contributed by atoms with Gasteiger partial charge in [0, 0.05) is 24.3 Å². The minimum atomic E-state index is 0.283. The van der Waals surface area contributed by atoms with E-state index >= 15 is 0 Å². The molecule has 0 aliphatic rings. The Balaban J connectivity index is 2.40. The van der Waals surface area contributed by atoms with Crippen LogP contribution in [0.1, 0.15) is 6.42 Å². The summed E-state index contributed by atoms with van der Waals surface area (Å²) >= 11 is 5.72. The first-order valence-electron chi connectivity index (χ1n) is 4.48. The molecule has 0 aromatic carbocycles. The Morgan fingerprint density at radius 3 is 3.14 bits per heavy atom. The van der Waals surface area contributed by atoms with Crippen molar-refractivity contribution in [2.75, 3.05) is 6.54 Å². The molecule has 5 heteroatoms. The third-order valence-corrected chi connectivity index (χ3v) is 2.26. The van der Waals surface area contributed by atoms with Gasteiger partial charge in [0.1, 0.15) is 5.65 Å². The molecule has 0 saturated carbocycles. The van der Waals surface area contributed by atoms with E-state index in [2.05, 4.69) is 9.97 Å². The molecule has 14 heavy (non-hydrogen) atoms. The van der Waals surface area contributed by atoms with Crippen molar-refractivity contribution in [2.45, 2.75) is 13.0 Å². The number of aryl methyl sites for hydroxylation is 1. The maximum absolute atomic E-state index is 5.72. The molecule has 0 amide bonds. The van der Waals surface area contributed by atoms with Crippen molar-refractivity contribution in [2.24, 2.45) is 5.73 Å². The number of fused-ring (bicyclic) bond motifs is 1. The molecule has 2 N–H and O–H groups in total. The molecular weight excluding hydrogens is 200 g/mol. The molecule has 0 atom stereocenters. The van der Waals surface area contributed by atoms with Crippen LogP contribution in [-0.4, -0.2) is 21.1 Å². The molecule has 74 valence electrons. The van der Waals surface area contributed by atoms with Crippen LogP contribution in [0.2, 0.25) is 5.28 Å². The maximum Gasteiger partial charge on any atom is 0.224 e. The fraction of sp³-hybridized carbons (Fsp3) is 0.333. The first-order chi connectivity index (χ1) is 6.81. The van der Waals surface area contributed by atoms with Crippen LogP contribution in [0.25, 0.3) is 11.0 Å². The SMILES string of the molecule is NCCCn1ccc2cnc(Cl)nc21. The van der Waals surface area contributed by atoms with Crippen LogP contribution < -0.4 is 5.73 Å². The molecule has 2 heterocycles. The van der Waals surface area contributed by atoms with Crippen LogP contribution in [0.15, 0.2) is 18.5 Å². The number of nitrogens with two attached hydrogens (primary N) is 1. The molecule has 0 spiro atoms. The van der Waals surface area contributed by atoms with Crippen LogP contribution in [0.3, 0.4) is 0 Å². The lowest BCUT2D eigenvalue weighted by molar-refractivity contribution is 0.666. The molecule has 0 fully saturated rings. The summed E-state index contributed by atoms with van der Waals surface area (Å²) in [6.07, 6.45) is 4.64. The summed E-state index contributed by atoms with van der Waals surface area (Å²) in [5.41, 5.74) is 6.32. The Labute approximate surface area is 86.7 Å². The number of nitrogens with zero attached hydrogens (tertiary/aromatic N) is 3. The van der Waals surface area contributed by atoms with Crippen LogP contribution >= 0.6 is 11.6 Å². The summed E-state index contributed by atoms with van der Waals surface area (Å²) in [5, 5.41) is 1.29. The van der Waals surface area contributed by atoms with E-state index in [1.54, 1.807) is 6.20 Å². The Morgan fingerprint density at radius 2 is 2.36 bits per heavy atom. The second-order valence-electron chi connectivity index (χ2n) is 3.07. The summed E-state index contributed by atoms with van der Waals surface area (Å²) in [6.45, 7) is 1.55. The minimum absolute atomic E-state index is 0.283. The van der Waals surface area contributed by atoms with Crippen molar-refractivity contribution in [3.8, 4) is 0 Å². The lowest BCUT2D eigenvalue weighted by atomic mass is 10.4. The fourth-order valence-corrected chi connectivity index (χ4v) is 1.52. The number of rotatable bonds is 3. The van der Waals surface area contributed by atoms with E-state index in [4.69, 9.17) is 17.3 Å². The monoisotopic (exact) mass is 210 g/mol. The lowest BCUT2D eigenvalue weighted by Gasteiger charge is -2.02. The predicted octanol–water partition coefficient (Wildman–Crippen LogP) is 1.43. The van der Waals surface area contributed by atoms with E-state index in [0.717, 1.165) is 24.0 Å². The van der Waals surface area contributed by atoms with Crippen molar-refractivity contribution in [3.63, 3.8) is 0 Å². The normalized spacial score (nSPS) is 11.0. The van der Waals surface area contributed by atoms with E-state index in [-0.39, 0.29) is 5.28 Å². The highest BCUT2D eigenvalue weighted by molar-refractivity contribution is 6.28. The summed E-state index contributed by atoms with van der Waals surface area (Å²) in [5.74, 6) is 0. The Hall–Kier alpha value is -1.13. The van der Waals surface area contributed by atoms with Gasteiger partial charge in [0.05, 0.1) is 0 Å². The molecule has 0 aliphatic carbocycles. The Bertz CT molecular complexity index is 437. The van der Waals surface area contributed by atoms with Crippen molar-refractivity contribution in [3.05, 3.63) is 23.7 Å². The van der Waals surface area contributed by atoms with E-state index in [9.17, 15) is 0 Å². The first-order valence-corrected chi connectivity index (χ1v) is 4.86. The molecule has 0 aliphatic heterocycles. The zero-order valence-corrected chi connectivity index (χ0v) is 8.41. The highest BCUT2D eigenvalue weighted by Crippen LogP contribution is 2.14. The van der Waals surface area contributed by atoms with Gasteiger partial charge in [-0.05, 0) is 30.6 Å². The second-order valence-corrected chi connectivity index (χ2v) is 3.41. The topological polar surface area (TPSA) is 56.7 Å². The summed E-state index contributed by atoms with van der Waals surface area (Å²) < 4.78 is 2.04. The second kappa shape index (κ2) is 3.94. The molecular formula is C9H11ClN4. The van der Waals surface area contributed by atoms with Gasteiger partial charge in [-0.1, -0.05) is 0 Å². The fourth-order valence-electron chi connectivity index (χ4n) is 1.39. The van der Waals surface area contributed by atoms with E-state index in [1.807, 2.05) is 16.8 Å². The van der Waals surface area contributed by atoms with Crippen molar-refractivity contribution in [1.29, 1.82) is 0 Å². The van der Waals surface area contributed by atoms with E-state index < -0.39 is 0 Å². The van der Waals surface area contributed by atoms with Crippen molar-refractivity contribution >= 4 is 22.6 Å². The lowest BCUT2D eigenvalue weighted by Crippen LogP contribution is -2.05. The molecule has 2 rings (SSSR count). The van der Waals surface area contributed by atoms with Crippen LogP contribution in [0.5, 0.6) is 0 Å². The zero-order chi connectivity index (χ0) is 9.97. The quantitative estimate of drug-likeness (QED) is 0.780.